The summed E-state index contributed by atoms with van der Waals surface area (Å²) in [5.74, 6) is 0. The van der Waals surface area contributed by atoms with Crippen LogP contribution in [0.25, 0.3) is 0 Å². The van der Waals surface area contributed by atoms with Crippen molar-refractivity contribution in [2.45, 2.75) is 51.6 Å². The van der Waals surface area contributed by atoms with Gasteiger partial charge in [-0.05, 0) is 30.3 Å². The minimum atomic E-state index is -1.77. The van der Waals surface area contributed by atoms with E-state index >= 15 is 0 Å². The van der Waals surface area contributed by atoms with Gasteiger partial charge in [-0.25, -0.2) is 0 Å². The summed E-state index contributed by atoms with van der Waals surface area (Å²) in [7, 11) is -1.77. The Bertz CT molecular complexity index is 346. The molecule has 0 aliphatic rings. The molecule has 96 valence electrons. The summed E-state index contributed by atoms with van der Waals surface area (Å²) in [6.45, 7) is 11.1. The third-order valence-corrected chi connectivity index (χ3v) is 7.89. The average molecular weight is 252 g/mol. The molecule has 1 unspecified atom stereocenters. The van der Waals surface area contributed by atoms with Crippen molar-refractivity contribution in [1.82, 2.24) is 4.98 Å². The lowest BCUT2D eigenvalue weighted by molar-refractivity contribution is 0.186. The highest BCUT2D eigenvalue weighted by Crippen LogP contribution is 2.37. The molecule has 1 aromatic rings. The zero-order chi connectivity index (χ0) is 13.1. The smallest absolute Gasteiger partial charge is 0.194 e. The summed E-state index contributed by atoms with van der Waals surface area (Å²) >= 11 is 0. The SMILES string of the molecule is CC(C)(C)[Si](C)(C)OC(N)Cc1ccccn1. The predicted octanol–water partition coefficient (Wildman–Crippen LogP) is 2.93. The first-order valence-corrected chi connectivity index (χ1v) is 8.96. The Balaban J connectivity index is 2.59. The first-order valence-electron chi connectivity index (χ1n) is 6.06. The molecule has 1 heterocycles. The fourth-order valence-corrected chi connectivity index (χ4v) is 2.52. The minimum Gasteiger partial charge on any atom is -0.402 e. The molecule has 0 bridgehead atoms. The quantitative estimate of drug-likeness (QED) is 0.662. The van der Waals surface area contributed by atoms with Crippen LogP contribution in [0.3, 0.4) is 0 Å². The summed E-state index contributed by atoms with van der Waals surface area (Å²) in [5.41, 5.74) is 7.05. The fraction of sp³-hybridized carbons (Fsp3) is 0.615. The molecule has 4 heteroatoms. The number of aromatic nitrogens is 1. The van der Waals surface area contributed by atoms with Gasteiger partial charge in [0.15, 0.2) is 8.32 Å². The Morgan fingerprint density at radius 1 is 1.35 bits per heavy atom. The van der Waals surface area contributed by atoms with E-state index in [1.54, 1.807) is 6.20 Å². The van der Waals surface area contributed by atoms with Gasteiger partial charge in [0.2, 0.25) is 0 Å². The molecule has 0 aromatic carbocycles. The lowest BCUT2D eigenvalue weighted by Gasteiger charge is -2.38. The van der Waals surface area contributed by atoms with Crippen molar-refractivity contribution < 1.29 is 4.43 Å². The van der Waals surface area contributed by atoms with Crippen molar-refractivity contribution in [2.24, 2.45) is 5.73 Å². The van der Waals surface area contributed by atoms with Gasteiger partial charge in [0.1, 0.15) is 0 Å². The van der Waals surface area contributed by atoms with E-state index in [4.69, 9.17) is 10.2 Å². The van der Waals surface area contributed by atoms with Gasteiger partial charge in [0.05, 0.1) is 6.23 Å². The van der Waals surface area contributed by atoms with Crippen molar-refractivity contribution in [2.75, 3.05) is 0 Å². The van der Waals surface area contributed by atoms with Crippen molar-refractivity contribution >= 4 is 8.32 Å². The average Bonchev–Trinajstić information content (AvgIpc) is 2.16. The highest BCUT2D eigenvalue weighted by atomic mass is 28.4. The normalized spacial score (nSPS) is 14.7. The summed E-state index contributed by atoms with van der Waals surface area (Å²) in [4.78, 5) is 4.27. The van der Waals surface area contributed by atoms with Crippen LogP contribution in [-0.2, 0) is 10.8 Å². The molecule has 0 aliphatic carbocycles. The monoisotopic (exact) mass is 252 g/mol. The van der Waals surface area contributed by atoms with Gasteiger partial charge in [-0.15, -0.1) is 0 Å². The van der Waals surface area contributed by atoms with Crippen molar-refractivity contribution in [3.63, 3.8) is 0 Å². The van der Waals surface area contributed by atoms with E-state index in [-0.39, 0.29) is 11.3 Å². The van der Waals surface area contributed by atoms with Gasteiger partial charge in [0.25, 0.3) is 0 Å². The van der Waals surface area contributed by atoms with E-state index in [0.29, 0.717) is 6.42 Å². The molecule has 1 rings (SSSR count). The summed E-state index contributed by atoms with van der Waals surface area (Å²) in [6.07, 6.45) is 2.20. The fourth-order valence-electron chi connectivity index (χ4n) is 1.32. The molecule has 0 saturated heterocycles. The minimum absolute atomic E-state index is 0.189. The van der Waals surface area contributed by atoms with E-state index in [1.807, 2.05) is 18.2 Å². The third kappa shape index (κ3) is 4.22. The van der Waals surface area contributed by atoms with E-state index in [2.05, 4.69) is 38.8 Å². The summed E-state index contributed by atoms with van der Waals surface area (Å²) in [5, 5.41) is 0.189. The van der Waals surface area contributed by atoms with Gasteiger partial charge in [-0.2, -0.15) is 0 Å². The first kappa shape index (κ1) is 14.3. The van der Waals surface area contributed by atoms with Gasteiger partial charge < -0.3 is 10.2 Å². The maximum Gasteiger partial charge on any atom is 0.194 e. The first-order chi connectivity index (χ1) is 7.72. The van der Waals surface area contributed by atoms with Crippen molar-refractivity contribution in [3.05, 3.63) is 30.1 Å². The van der Waals surface area contributed by atoms with E-state index < -0.39 is 8.32 Å². The number of hydrogen-bond donors (Lipinski definition) is 1. The maximum atomic E-state index is 6.08. The molecular weight excluding hydrogens is 228 g/mol. The van der Waals surface area contributed by atoms with Crippen molar-refractivity contribution in [3.8, 4) is 0 Å². The number of nitrogens with two attached hydrogens (primary N) is 1. The lowest BCUT2D eigenvalue weighted by Crippen LogP contribution is -2.47. The zero-order valence-corrected chi connectivity index (χ0v) is 12.5. The number of nitrogens with zero attached hydrogens (tertiary/aromatic N) is 1. The van der Waals surface area contributed by atoms with E-state index in [0.717, 1.165) is 5.69 Å². The van der Waals surface area contributed by atoms with Crippen LogP contribution in [0.1, 0.15) is 26.5 Å². The highest BCUT2D eigenvalue weighted by molar-refractivity contribution is 6.74. The Morgan fingerprint density at radius 2 is 2.00 bits per heavy atom. The topological polar surface area (TPSA) is 48.1 Å². The molecule has 0 aliphatic heterocycles. The molecule has 17 heavy (non-hydrogen) atoms. The second-order valence-electron chi connectivity index (χ2n) is 5.94. The molecule has 1 aromatic heterocycles. The van der Waals surface area contributed by atoms with Gasteiger partial charge in [0, 0.05) is 18.3 Å². The van der Waals surface area contributed by atoms with E-state index in [9.17, 15) is 0 Å². The van der Waals surface area contributed by atoms with Crippen LogP contribution in [0, 0.1) is 0 Å². The molecule has 0 spiro atoms. The van der Waals surface area contributed by atoms with Gasteiger partial charge in [-0.1, -0.05) is 26.8 Å². The molecule has 3 nitrogen and oxygen atoms in total. The van der Waals surface area contributed by atoms with Crippen LogP contribution in [0.5, 0.6) is 0 Å². The van der Waals surface area contributed by atoms with Gasteiger partial charge in [-0.3, -0.25) is 4.98 Å². The lowest BCUT2D eigenvalue weighted by atomic mass is 10.2. The van der Waals surface area contributed by atoms with Crippen LogP contribution in [-0.4, -0.2) is 19.5 Å². The molecule has 0 saturated carbocycles. The largest absolute Gasteiger partial charge is 0.402 e. The molecule has 0 fully saturated rings. The van der Waals surface area contributed by atoms with Crippen LogP contribution < -0.4 is 5.73 Å². The van der Waals surface area contributed by atoms with Gasteiger partial charge >= 0.3 is 0 Å². The summed E-state index contributed by atoms with van der Waals surface area (Å²) in [6, 6.07) is 5.86. The predicted molar refractivity (Wildman–Crippen MR) is 74.2 cm³/mol. The van der Waals surface area contributed by atoms with E-state index in [1.165, 1.54) is 0 Å². The Kier molecular flexibility index (Phi) is 4.46. The Hall–Kier alpha value is -0.713. The van der Waals surface area contributed by atoms with Crippen molar-refractivity contribution in [1.29, 1.82) is 0 Å². The zero-order valence-electron chi connectivity index (χ0n) is 11.5. The molecular formula is C13H24N2OSi. The molecule has 2 N–H and O–H groups in total. The second kappa shape index (κ2) is 5.29. The Labute approximate surface area is 106 Å². The van der Waals surface area contributed by atoms with Crippen LogP contribution in [0.2, 0.25) is 18.1 Å². The number of hydrogen-bond acceptors (Lipinski definition) is 3. The van der Waals surface area contributed by atoms with Crippen LogP contribution in [0.4, 0.5) is 0 Å². The highest BCUT2D eigenvalue weighted by Gasteiger charge is 2.38. The third-order valence-electron chi connectivity index (χ3n) is 3.39. The number of rotatable bonds is 4. The Morgan fingerprint density at radius 3 is 2.47 bits per heavy atom. The van der Waals surface area contributed by atoms with Crippen LogP contribution >= 0.6 is 0 Å². The summed E-state index contributed by atoms with van der Waals surface area (Å²) < 4.78 is 6.08. The molecule has 0 radical (unpaired) electrons. The molecule has 0 amide bonds. The molecule has 1 atom stereocenters. The standard InChI is InChI=1S/C13H24N2OSi/c1-13(2,3)17(4,5)16-12(14)10-11-8-6-7-9-15-11/h6-9,12H,10,14H2,1-5H3. The maximum absolute atomic E-state index is 6.08. The van der Waals surface area contributed by atoms with Crippen LogP contribution in [0.15, 0.2) is 24.4 Å². The number of pyridine rings is 1. The second-order valence-corrected chi connectivity index (χ2v) is 10.7.